The highest BCUT2D eigenvalue weighted by atomic mass is 35.5. The van der Waals surface area contributed by atoms with Crippen molar-refractivity contribution in [3.05, 3.63) is 0 Å². The molecule has 0 fully saturated rings. The molecule has 0 N–H and O–H groups in total. The SMILES string of the molecule is C#CCCCl. The van der Waals surface area contributed by atoms with Crippen LogP contribution in [-0.4, -0.2) is 5.88 Å². The highest BCUT2D eigenvalue weighted by molar-refractivity contribution is 6.17. The van der Waals surface area contributed by atoms with Gasteiger partial charge in [0.05, 0.1) is 0 Å². The van der Waals surface area contributed by atoms with Gasteiger partial charge in [-0.15, -0.1) is 23.9 Å². The van der Waals surface area contributed by atoms with Crippen molar-refractivity contribution >= 4 is 11.6 Å². The van der Waals surface area contributed by atoms with E-state index < -0.39 is 0 Å². The van der Waals surface area contributed by atoms with Gasteiger partial charge in [-0.2, -0.15) is 0 Å². The van der Waals surface area contributed by atoms with Crippen LogP contribution in [0, 0.1) is 12.3 Å². The maximum atomic E-state index is 5.16. The quantitative estimate of drug-likeness (QED) is 0.334. The minimum Gasteiger partial charge on any atom is -0.126 e. The second kappa shape index (κ2) is 3.85. The molecule has 0 unspecified atom stereocenters. The van der Waals surface area contributed by atoms with Gasteiger partial charge in [-0.1, -0.05) is 0 Å². The monoisotopic (exact) mass is 88.0 g/mol. The molecular formula is C4H5Cl. The fourth-order valence-corrected chi connectivity index (χ4v) is 0.164. The van der Waals surface area contributed by atoms with Gasteiger partial charge in [-0.25, -0.2) is 0 Å². The van der Waals surface area contributed by atoms with Gasteiger partial charge in [-0.3, -0.25) is 0 Å². The van der Waals surface area contributed by atoms with Crippen LogP contribution in [-0.2, 0) is 0 Å². The van der Waals surface area contributed by atoms with Crippen LogP contribution in [0.3, 0.4) is 0 Å². The predicted octanol–water partition coefficient (Wildman–Crippen LogP) is 1.25. The lowest BCUT2D eigenvalue weighted by atomic mass is 10.5. The molecule has 0 aliphatic heterocycles. The second-order valence-corrected chi connectivity index (χ2v) is 1.02. The van der Waals surface area contributed by atoms with E-state index in [0.29, 0.717) is 12.3 Å². The predicted molar refractivity (Wildman–Crippen MR) is 24.2 cm³/mol. The Kier molecular flexibility index (Phi) is 3.73. The van der Waals surface area contributed by atoms with Gasteiger partial charge in [0.25, 0.3) is 0 Å². The van der Waals surface area contributed by atoms with Gasteiger partial charge < -0.3 is 0 Å². The molecule has 0 atom stereocenters. The molecule has 0 amide bonds. The van der Waals surface area contributed by atoms with Crippen molar-refractivity contribution in [2.75, 3.05) is 5.88 Å². The fraction of sp³-hybridized carbons (Fsp3) is 0.500. The molecule has 1 heteroatoms. The first-order chi connectivity index (χ1) is 2.41. The topological polar surface area (TPSA) is 0 Å². The molecular weight excluding hydrogens is 83.5 g/mol. The van der Waals surface area contributed by atoms with E-state index in [1.165, 1.54) is 0 Å². The summed E-state index contributed by atoms with van der Waals surface area (Å²) in [5, 5.41) is 0. The molecule has 0 rings (SSSR count). The van der Waals surface area contributed by atoms with Crippen LogP contribution in [0.5, 0.6) is 0 Å². The van der Waals surface area contributed by atoms with Gasteiger partial charge in [0.15, 0.2) is 0 Å². The number of rotatable bonds is 1. The summed E-state index contributed by atoms with van der Waals surface area (Å²) < 4.78 is 0. The summed E-state index contributed by atoms with van der Waals surface area (Å²) in [5.74, 6) is 2.97. The van der Waals surface area contributed by atoms with Crippen molar-refractivity contribution < 1.29 is 0 Å². The van der Waals surface area contributed by atoms with Crippen LogP contribution >= 0.6 is 11.6 Å². The highest BCUT2D eigenvalue weighted by Crippen LogP contribution is 1.76. The zero-order valence-electron chi connectivity index (χ0n) is 2.87. The summed E-state index contributed by atoms with van der Waals surface area (Å²) in [5.41, 5.74) is 0. The van der Waals surface area contributed by atoms with Crippen molar-refractivity contribution in [1.29, 1.82) is 0 Å². The molecule has 0 aromatic rings. The van der Waals surface area contributed by atoms with Crippen LogP contribution in [0.25, 0.3) is 0 Å². The molecule has 0 heterocycles. The number of hydrogen-bond donors (Lipinski definition) is 0. The normalized spacial score (nSPS) is 6.40. The number of hydrogen-bond acceptors (Lipinski definition) is 0. The number of terminal acetylenes is 1. The lowest BCUT2D eigenvalue weighted by Gasteiger charge is -1.67. The molecule has 0 bridgehead atoms. The Bertz CT molecular complexity index is 42.1. The van der Waals surface area contributed by atoms with Crippen molar-refractivity contribution in [3.63, 3.8) is 0 Å². The lowest BCUT2D eigenvalue weighted by Crippen LogP contribution is -1.60. The fourth-order valence-electron chi connectivity index (χ4n) is 0.0546. The van der Waals surface area contributed by atoms with Crippen molar-refractivity contribution in [2.24, 2.45) is 0 Å². The van der Waals surface area contributed by atoms with Crippen molar-refractivity contribution in [3.8, 4) is 12.3 Å². The Balaban J connectivity index is 2.48. The van der Waals surface area contributed by atoms with Crippen LogP contribution in [0.15, 0.2) is 0 Å². The third-order valence-electron chi connectivity index (χ3n) is 0.239. The Morgan fingerprint density at radius 1 is 1.80 bits per heavy atom. The molecule has 0 radical (unpaired) electrons. The largest absolute Gasteiger partial charge is 0.126 e. The first-order valence-electron chi connectivity index (χ1n) is 1.41. The molecule has 5 heavy (non-hydrogen) atoms. The minimum atomic E-state index is 0.580. The average molecular weight is 88.5 g/mol. The van der Waals surface area contributed by atoms with E-state index in [9.17, 15) is 0 Å². The van der Waals surface area contributed by atoms with Crippen molar-refractivity contribution in [1.82, 2.24) is 0 Å². The summed E-state index contributed by atoms with van der Waals surface area (Å²) in [6, 6.07) is 0. The van der Waals surface area contributed by atoms with E-state index in [1.54, 1.807) is 0 Å². The average Bonchev–Trinajstić information content (AvgIpc) is 1.41. The zero-order valence-corrected chi connectivity index (χ0v) is 3.63. The Morgan fingerprint density at radius 2 is 2.40 bits per heavy atom. The molecule has 0 saturated carbocycles. The Hall–Kier alpha value is -0.150. The van der Waals surface area contributed by atoms with Gasteiger partial charge in [0.2, 0.25) is 0 Å². The van der Waals surface area contributed by atoms with Crippen LogP contribution in [0.1, 0.15) is 6.42 Å². The smallest absolute Gasteiger partial charge is 0.0333 e. The van der Waals surface area contributed by atoms with Gasteiger partial charge in [0, 0.05) is 12.3 Å². The van der Waals surface area contributed by atoms with E-state index in [1.807, 2.05) is 0 Å². The van der Waals surface area contributed by atoms with Gasteiger partial charge in [0.1, 0.15) is 0 Å². The highest BCUT2D eigenvalue weighted by Gasteiger charge is 1.64. The van der Waals surface area contributed by atoms with E-state index in [4.69, 9.17) is 18.0 Å². The zero-order chi connectivity index (χ0) is 4.12. The standard InChI is InChI=1S/C4H5Cl/c1-2-3-4-5/h1H,3-4H2. The molecule has 0 nitrogen and oxygen atoms in total. The molecule has 0 saturated heterocycles. The van der Waals surface area contributed by atoms with Crippen molar-refractivity contribution in [2.45, 2.75) is 6.42 Å². The second-order valence-electron chi connectivity index (χ2n) is 0.643. The van der Waals surface area contributed by atoms with E-state index >= 15 is 0 Å². The third kappa shape index (κ3) is 3.85. The van der Waals surface area contributed by atoms with E-state index in [-0.39, 0.29) is 0 Å². The lowest BCUT2D eigenvalue weighted by molar-refractivity contribution is 1.29. The summed E-state index contributed by atoms with van der Waals surface area (Å²) >= 11 is 5.16. The first-order valence-corrected chi connectivity index (χ1v) is 1.94. The van der Waals surface area contributed by atoms with E-state index in [2.05, 4.69) is 5.92 Å². The number of halogens is 1. The molecule has 0 aliphatic carbocycles. The molecule has 0 aromatic heterocycles. The third-order valence-corrected chi connectivity index (χ3v) is 0.428. The maximum absolute atomic E-state index is 5.16. The summed E-state index contributed by atoms with van der Waals surface area (Å²) in [4.78, 5) is 0. The summed E-state index contributed by atoms with van der Waals surface area (Å²) in [6.07, 6.45) is 5.49. The van der Waals surface area contributed by atoms with Crippen LogP contribution < -0.4 is 0 Å². The molecule has 0 aliphatic rings. The van der Waals surface area contributed by atoms with E-state index in [0.717, 1.165) is 0 Å². The summed E-state index contributed by atoms with van der Waals surface area (Å²) in [6.45, 7) is 0. The maximum Gasteiger partial charge on any atom is 0.0333 e. The minimum absolute atomic E-state index is 0.580. The number of alkyl halides is 1. The summed E-state index contributed by atoms with van der Waals surface area (Å²) in [7, 11) is 0. The Labute approximate surface area is 37.1 Å². The molecule has 0 aromatic carbocycles. The molecule has 0 spiro atoms. The molecule has 28 valence electrons. The van der Waals surface area contributed by atoms with Gasteiger partial charge >= 0.3 is 0 Å². The van der Waals surface area contributed by atoms with Crippen LogP contribution in [0.2, 0.25) is 0 Å². The van der Waals surface area contributed by atoms with Crippen LogP contribution in [0.4, 0.5) is 0 Å². The Morgan fingerprint density at radius 3 is 2.40 bits per heavy atom. The first kappa shape index (κ1) is 4.85. The van der Waals surface area contributed by atoms with Gasteiger partial charge in [-0.05, 0) is 0 Å².